The minimum Gasteiger partial charge on any atom is -0.497 e. The van der Waals surface area contributed by atoms with Crippen molar-refractivity contribution in [1.29, 1.82) is 5.26 Å². The second-order valence-electron chi connectivity index (χ2n) is 6.33. The van der Waals surface area contributed by atoms with Gasteiger partial charge in [0, 0.05) is 31.8 Å². The zero-order chi connectivity index (χ0) is 21.5. The van der Waals surface area contributed by atoms with Crippen LogP contribution in [0.4, 0.5) is 9.18 Å². The first-order valence-corrected chi connectivity index (χ1v) is 9.68. The molecule has 2 amide bonds. The Balaban J connectivity index is 2.72. The van der Waals surface area contributed by atoms with Crippen LogP contribution in [0.5, 0.6) is 5.75 Å². The molecule has 0 bridgehead atoms. The Labute approximate surface area is 172 Å². The number of unbranched alkanes of at least 4 members (excludes halogenated alkanes) is 1. The largest absolute Gasteiger partial charge is 0.497 e. The highest BCUT2D eigenvalue weighted by Crippen LogP contribution is 2.16. The quantitative estimate of drug-likeness (QED) is 0.182. The van der Waals surface area contributed by atoms with Crippen molar-refractivity contribution in [2.45, 2.75) is 52.2 Å². The Morgan fingerprint density at radius 2 is 2.14 bits per heavy atom. The molecule has 2 N–H and O–H groups in total. The summed E-state index contributed by atoms with van der Waals surface area (Å²) in [5.74, 6) is -0.0190. The number of allylic oxidation sites excluding steroid dienone is 1. The summed E-state index contributed by atoms with van der Waals surface area (Å²) in [4.78, 5) is 14.4. The van der Waals surface area contributed by atoms with Gasteiger partial charge in [-0.3, -0.25) is 5.43 Å². The summed E-state index contributed by atoms with van der Waals surface area (Å²) in [5, 5.41) is 15.5. The number of rotatable bonds is 12. The van der Waals surface area contributed by atoms with E-state index in [0.717, 1.165) is 6.42 Å². The van der Waals surface area contributed by atoms with Gasteiger partial charge in [-0.15, -0.1) is 0 Å². The van der Waals surface area contributed by atoms with E-state index < -0.39 is 5.82 Å². The summed E-state index contributed by atoms with van der Waals surface area (Å²) in [6, 6.07) is 6.13. The van der Waals surface area contributed by atoms with Crippen molar-refractivity contribution in [2.75, 3.05) is 13.7 Å². The van der Waals surface area contributed by atoms with Gasteiger partial charge in [-0.2, -0.15) is 10.4 Å². The Morgan fingerprint density at radius 1 is 1.38 bits per heavy atom. The Bertz CT molecular complexity index is 730. The van der Waals surface area contributed by atoms with E-state index in [1.54, 1.807) is 17.2 Å². The van der Waals surface area contributed by atoms with Crippen molar-refractivity contribution in [2.24, 2.45) is 5.10 Å². The standard InChI is InChI=1S/C21H30FN5O2/c1-4-11-25-26-17(2)27(12-9-7-5-6-8-10-23)21(28)24-16-18-13-19(22)15-20(14-18)29-3/h5,7,11,13-15,17,26H,4,6,8-9,12,16H2,1-3H3,(H,24,28)/b7-5+,25-11-. The second-order valence-corrected chi connectivity index (χ2v) is 6.33. The molecule has 8 heteroatoms. The summed E-state index contributed by atoms with van der Waals surface area (Å²) in [5.41, 5.74) is 3.55. The van der Waals surface area contributed by atoms with Crippen LogP contribution in [0.1, 0.15) is 45.1 Å². The van der Waals surface area contributed by atoms with Crippen LogP contribution in [0.3, 0.4) is 0 Å². The summed E-state index contributed by atoms with van der Waals surface area (Å²) >= 11 is 0. The molecule has 158 valence electrons. The van der Waals surface area contributed by atoms with E-state index in [1.165, 1.54) is 19.2 Å². The topological polar surface area (TPSA) is 89.8 Å². The van der Waals surface area contributed by atoms with Crippen LogP contribution in [0.25, 0.3) is 0 Å². The molecular weight excluding hydrogens is 373 g/mol. The number of nitrogens with zero attached hydrogens (tertiary/aromatic N) is 3. The highest BCUT2D eigenvalue weighted by Gasteiger charge is 2.19. The molecule has 0 aliphatic heterocycles. The molecule has 0 aliphatic rings. The van der Waals surface area contributed by atoms with Gasteiger partial charge in [-0.05, 0) is 43.9 Å². The van der Waals surface area contributed by atoms with Crippen molar-refractivity contribution in [3.05, 3.63) is 41.7 Å². The number of hydrogen-bond acceptors (Lipinski definition) is 5. The van der Waals surface area contributed by atoms with E-state index >= 15 is 0 Å². The third-order valence-corrected chi connectivity index (χ3v) is 4.00. The zero-order valence-electron chi connectivity index (χ0n) is 17.3. The first kappa shape index (κ1) is 24.0. The normalized spacial score (nSPS) is 12.0. The SMILES string of the molecule is CC/C=N\NC(C)N(CC/C=C/CCC#N)C(=O)NCc1cc(F)cc(OC)c1. The Morgan fingerprint density at radius 3 is 2.83 bits per heavy atom. The number of benzene rings is 1. The number of hydrogen-bond donors (Lipinski definition) is 2. The third kappa shape index (κ3) is 9.60. The molecule has 7 nitrogen and oxygen atoms in total. The van der Waals surface area contributed by atoms with Gasteiger partial charge in [0.1, 0.15) is 17.7 Å². The van der Waals surface area contributed by atoms with Gasteiger partial charge in [-0.25, -0.2) is 9.18 Å². The summed E-state index contributed by atoms with van der Waals surface area (Å²) < 4.78 is 18.7. The lowest BCUT2D eigenvalue weighted by atomic mass is 10.2. The van der Waals surface area contributed by atoms with Gasteiger partial charge in [0.25, 0.3) is 0 Å². The highest BCUT2D eigenvalue weighted by molar-refractivity contribution is 5.74. The van der Waals surface area contributed by atoms with E-state index in [1.807, 2.05) is 26.0 Å². The van der Waals surface area contributed by atoms with E-state index in [-0.39, 0.29) is 18.7 Å². The lowest BCUT2D eigenvalue weighted by Crippen LogP contribution is -2.50. The van der Waals surface area contributed by atoms with Crippen molar-refractivity contribution in [3.63, 3.8) is 0 Å². The maximum atomic E-state index is 13.6. The van der Waals surface area contributed by atoms with Crippen LogP contribution in [-0.4, -0.2) is 37.0 Å². The van der Waals surface area contributed by atoms with Gasteiger partial charge in [0.2, 0.25) is 0 Å². The molecule has 0 saturated heterocycles. The number of nitriles is 1. The fraction of sp³-hybridized carbons (Fsp3) is 0.476. The van der Waals surface area contributed by atoms with Gasteiger partial charge in [0.05, 0.1) is 13.2 Å². The molecule has 1 atom stereocenters. The lowest BCUT2D eigenvalue weighted by molar-refractivity contribution is 0.168. The summed E-state index contributed by atoms with van der Waals surface area (Å²) in [6.45, 7) is 4.46. The average Bonchev–Trinajstić information content (AvgIpc) is 2.71. The Kier molecular flexibility index (Phi) is 11.6. The number of ether oxygens (including phenoxy) is 1. The fourth-order valence-corrected chi connectivity index (χ4v) is 2.51. The van der Waals surface area contributed by atoms with Crippen LogP contribution in [0.2, 0.25) is 0 Å². The molecule has 0 saturated carbocycles. The fourth-order valence-electron chi connectivity index (χ4n) is 2.51. The third-order valence-electron chi connectivity index (χ3n) is 4.00. The maximum absolute atomic E-state index is 13.6. The molecule has 0 spiro atoms. The number of halogens is 1. The van der Waals surface area contributed by atoms with Gasteiger partial charge in [0.15, 0.2) is 0 Å². The van der Waals surface area contributed by atoms with Crippen molar-refractivity contribution >= 4 is 12.2 Å². The predicted octanol–water partition coefficient (Wildman–Crippen LogP) is 3.93. The van der Waals surface area contributed by atoms with Crippen LogP contribution >= 0.6 is 0 Å². The average molecular weight is 404 g/mol. The summed E-state index contributed by atoms with van der Waals surface area (Å²) in [7, 11) is 1.47. The molecule has 1 aromatic rings. The zero-order valence-corrected chi connectivity index (χ0v) is 17.3. The first-order chi connectivity index (χ1) is 14.0. The van der Waals surface area contributed by atoms with Crippen LogP contribution in [0.15, 0.2) is 35.5 Å². The van der Waals surface area contributed by atoms with Crippen LogP contribution in [0, 0.1) is 17.1 Å². The van der Waals surface area contributed by atoms with Crippen LogP contribution in [-0.2, 0) is 6.54 Å². The highest BCUT2D eigenvalue weighted by atomic mass is 19.1. The lowest BCUT2D eigenvalue weighted by Gasteiger charge is -2.28. The number of urea groups is 1. The monoisotopic (exact) mass is 403 g/mol. The van der Waals surface area contributed by atoms with Gasteiger partial charge < -0.3 is 15.0 Å². The molecule has 0 heterocycles. The van der Waals surface area contributed by atoms with Gasteiger partial charge >= 0.3 is 6.03 Å². The number of nitrogens with one attached hydrogen (secondary N) is 2. The predicted molar refractivity (Wildman–Crippen MR) is 112 cm³/mol. The Hall–Kier alpha value is -3.08. The number of carbonyl (C=O) groups excluding carboxylic acids is 1. The molecule has 1 aromatic carbocycles. The number of amides is 2. The molecule has 0 aliphatic carbocycles. The summed E-state index contributed by atoms with van der Waals surface area (Å²) in [6.07, 6.45) is 7.90. The van der Waals surface area contributed by atoms with E-state index in [9.17, 15) is 9.18 Å². The van der Waals surface area contributed by atoms with Crippen molar-refractivity contribution in [1.82, 2.24) is 15.6 Å². The molecule has 0 fully saturated rings. The van der Waals surface area contributed by atoms with Gasteiger partial charge in [-0.1, -0.05) is 19.1 Å². The van der Waals surface area contributed by atoms with E-state index in [2.05, 4.69) is 21.9 Å². The second kappa shape index (κ2) is 14.0. The van der Waals surface area contributed by atoms with E-state index in [0.29, 0.717) is 37.1 Å². The van der Waals surface area contributed by atoms with Crippen molar-refractivity contribution < 1.29 is 13.9 Å². The number of carbonyl (C=O) groups is 1. The molecule has 0 aromatic heterocycles. The maximum Gasteiger partial charge on any atom is 0.319 e. The number of hydrazone groups is 1. The van der Waals surface area contributed by atoms with Crippen LogP contribution < -0.4 is 15.5 Å². The van der Waals surface area contributed by atoms with Crippen molar-refractivity contribution in [3.8, 4) is 11.8 Å². The molecule has 1 rings (SSSR count). The van der Waals surface area contributed by atoms with E-state index in [4.69, 9.17) is 10.00 Å². The molecular formula is C21H30FN5O2. The minimum absolute atomic E-state index is 0.173. The molecule has 0 radical (unpaired) electrons. The smallest absolute Gasteiger partial charge is 0.319 e. The first-order valence-electron chi connectivity index (χ1n) is 9.68. The molecule has 1 unspecified atom stereocenters. The minimum atomic E-state index is -0.420. The number of methoxy groups -OCH3 is 1. The molecule has 29 heavy (non-hydrogen) atoms.